The molecule has 0 nitrogen and oxygen atoms in total. The molecule has 0 spiro atoms. The SMILES string of the molecule is Fc1ccc(Cc2ccc(P)cc2)cc1. The van der Waals surface area contributed by atoms with E-state index in [4.69, 9.17) is 0 Å². The van der Waals surface area contributed by atoms with Crippen molar-refractivity contribution in [3.05, 3.63) is 65.5 Å². The summed E-state index contributed by atoms with van der Waals surface area (Å²) < 4.78 is 12.7. The van der Waals surface area contributed by atoms with Crippen LogP contribution in [-0.4, -0.2) is 0 Å². The van der Waals surface area contributed by atoms with Crippen molar-refractivity contribution in [2.24, 2.45) is 0 Å². The molecule has 0 bridgehead atoms. The van der Waals surface area contributed by atoms with E-state index in [1.165, 1.54) is 23.0 Å². The molecule has 1 atom stereocenters. The van der Waals surface area contributed by atoms with Crippen LogP contribution < -0.4 is 5.30 Å². The molecule has 0 N–H and O–H groups in total. The Balaban J connectivity index is 2.15. The summed E-state index contributed by atoms with van der Waals surface area (Å²) in [4.78, 5) is 0. The summed E-state index contributed by atoms with van der Waals surface area (Å²) in [7, 11) is 2.66. The predicted octanol–water partition coefficient (Wildman–Crippen LogP) is 2.92. The van der Waals surface area contributed by atoms with Crippen molar-refractivity contribution in [2.75, 3.05) is 0 Å². The van der Waals surface area contributed by atoms with Gasteiger partial charge in [0.25, 0.3) is 0 Å². The molecule has 0 fully saturated rings. The zero-order valence-corrected chi connectivity index (χ0v) is 9.44. The number of benzene rings is 2. The molecule has 0 saturated carbocycles. The van der Waals surface area contributed by atoms with Crippen LogP contribution in [0.5, 0.6) is 0 Å². The predicted molar refractivity (Wildman–Crippen MR) is 65.0 cm³/mol. The van der Waals surface area contributed by atoms with Crippen molar-refractivity contribution in [2.45, 2.75) is 6.42 Å². The molecule has 76 valence electrons. The van der Waals surface area contributed by atoms with Crippen molar-refractivity contribution in [1.29, 1.82) is 0 Å². The molecular formula is C13H12FP. The molecular weight excluding hydrogens is 206 g/mol. The van der Waals surface area contributed by atoms with Crippen molar-refractivity contribution in [3.63, 3.8) is 0 Å². The first-order valence-electron chi connectivity index (χ1n) is 4.83. The Kier molecular flexibility index (Phi) is 3.13. The molecule has 0 saturated heterocycles. The normalized spacial score (nSPS) is 10.3. The summed E-state index contributed by atoms with van der Waals surface area (Å²) in [5.41, 5.74) is 2.38. The summed E-state index contributed by atoms with van der Waals surface area (Å²) in [6.45, 7) is 0. The van der Waals surface area contributed by atoms with E-state index in [9.17, 15) is 4.39 Å². The first-order valence-corrected chi connectivity index (χ1v) is 5.40. The Morgan fingerprint density at radius 2 is 1.27 bits per heavy atom. The van der Waals surface area contributed by atoms with Gasteiger partial charge in [0.1, 0.15) is 5.82 Å². The van der Waals surface area contributed by atoms with Gasteiger partial charge in [0.15, 0.2) is 0 Å². The number of rotatable bonds is 2. The molecule has 1 unspecified atom stereocenters. The quantitative estimate of drug-likeness (QED) is 0.680. The van der Waals surface area contributed by atoms with E-state index in [0.29, 0.717) is 0 Å². The van der Waals surface area contributed by atoms with Gasteiger partial charge in [0.05, 0.1) is 0 Å². The third-order valence-electron chi connectivity index (χ3n) is 2.30. The molecule has 0 aliphatic carbocycles. The number of hydrogen-bond acceptors (Lipinski definition) is 0. The molecule has 2 heteroatoms. The molecule has 0 amide bonds. The molecule has 15 heavy (non-hydrogen) atoms. The highest BCUT2D eigenvalue weighted by atomic mass is 31.0. The lowest BCUT2D eigenvalue weighted by Crippen LogP contribution is -1.92. The zero-order chi connectivity index (χ0) is 10.7. The Morgan fingerprint density at radius 3 is 1.80 bits per heavy atom. The van der Waals surface area contributed by atoms with Gasteiger partial charge in [-0.3, -0.25) is 0 Å². The lowest BCUT2D eigenvalue weighted by atomic mass is 10.1. The van der Waals surface area contributed by atoms with Crippen LogP contribution in [0.3, 0.4) is 0 Å². The van der Waals surface area contributed by atoms with Crippen LogP contribution in [0, 0.1) is 5.82 Å². The fourth-order valence-corrected chi connectivity index (χ4v) is 1.67. The van der Waals surface area contributed by atoms with Gasteiger partial charge in [0, 0.05) is 0 Å². The van der Waals surface area contributed by atoms with Crippen molar-refractivity contribution < 1.29 is 4.39 Å². The zero-order valence-electron chi connectivity index (χ0n) is 8.28. The van der Waals surface area contributed by atoms with Gasteiger partial charge in [0.2, 0.25) is 0 Å². The van der Waals surface area contributed by atoms with Crippen LogP contribution in [0.1, 0.15) is 11.1 Å². The van der Waals surface area contributed by atoms with Crippen LogP contribution in [0.15, 0.2) is 48.5 Å². The molecule has 0 aliphatic rings. The second kappa shape index (κ2) is 4.55. The molecule has 2 rings (SSSR count). The fourth-order valence-electron chi connectivity index (χ4n) is 1.47. The first kappa shape index (κ1) is 10.3. The average molecular weight is 218 g/mol. The van der Waals surface area contributed by atoms with E-state index < -0.39 is 0 Å². The molecule has 0 radical (unpaired) electrons. The lowest BCUT2D eigenvalue weighted by Gasteiger charge is -2.02. The minimum Gasteiger partial charge on any atom is -0.207 e. The van der Waals surface area contributed by atoms with Gasteiger partial charge in [-0.1, -0.05) is 36.4 Å². The fraction of sp³-hybridized carbons (Fsp3) is 0.0769. The third-order valence-corrected chi connectivity index (χ3v) is 2.69. The van der Waals surface area contributed by atoms with Gasteiger partial charge in [-0.2, -0.15) is 0 Å². The van der Waals surface area contributed by atoms with Crippen molar-refractivity contribution in [1.82, 2.24) is 0 Å². The van der Waals surface area contributed by atoms with Crippen LogP contribution in [0.25, 0.3) is 0 Å². The first-order chi connectivity index (χ1) is 7.24. The smallest absolute Gasteiger partial charge is 0.123 e. The molecule has 2 aromatic carbocycles. The summed E-state index contributed by atoms with van der Waals surface area (Å²) >= 11 is 0. The maximum atomic E-state index is 12.7. The topological polar surface area (TPSA) is 0 Å². The van der Waals surface area contributed by atoms with Gasteiger partial charge in [-0.25, -0.2) is 4.39 Å². The molecule has 2 aromatic rings. The highest BCUT2D eigenvalue weighted by Gasteiger charge is 1.96. The minimum absolute atomic E-state index is 0.181. The largest absolute Gasteiger partial charge is 0.207 e. The summed E-state index contributed by atoms with van der Waals surface area (Å²) in [5, 5.41) is 1.18. The molecule has 0 heterocycles. The van der Waals surface area contributed by atoms with Gasteiger partial charge < -0.3 is 0 Å². The van der Waals surface area contributed by atoms with Gasteiger partial charge in [-0.15, -0.1) is 9.24 Å². The molecule has 0 aromatic heterocycles. The highest BCUT2D eigenvalue weighted by molar-refractivity contribution is 7.27. The highest BCUT2D eigenvalue weighted by Crippen LogP contribution is 2.09. The van der Waals surface area contributed by atoms with Crippen LogP contribution in [-0.2, 0) is 6.42 Å². The van der Waals surface area contributed by atoms with Crippen LogP contribution >= 0.6 is 9.24 Å². The number of halogens is 1. The second-order valence-corrected chi connectivity index (χ2v) is 4.21. The summed E-state index contributed by atoms with van der Waals surface area (Å²) in [6, 6.07) is 14.9. The summed E-state index contributed by atoms with van der Waals surface area (Å²) in [6.07, 6.45) is 0.852. The maximum absolute atomic E-state index is 12.7. The average Bonchev–Trinajstić information content (AvgIpc) is 2.25. The van der Waals surface area contributed by atoms with E-state index in [0.717, 1.165) is 12.0 Å². The Labute approximate surface area is 91.3 Å². The Morgan fingerprint density at radius 1 is 0.800 bits per heavy atom. The maximum Gasteiger partial charge on any atom is 0.123 e. The summed E-state index contributed by atoms with van der Waals surface area (Å²) in [5.74, 6) is -0.181. The van der Waals surface area contributed by atoms with E-state index in [1.54, 1.807) is 0 Å². The van der Waals surface area contributed by atoms with E-state index >= 15 is 0 Å². The third kappa shape index (κ3) is 2.87. The monoisotopic (exact) mass is 218 g/mol. The van der Waals surface area contributed by atoms with Crippen LogP contribution in [0.4, 0.5) is 4.39 Å². The van der Waals surface area contributed by atoms with E-state index in [-0.39, 0.29) is 5.82 Å². The van der Waals surface area contributed by atoms with Gasteiger partial charge in [-0.05, 0) is 35.0 Å². The molecule has 0 aliphatic heterocycles. The van der Waals surface area contributed by atoms with Crippen molar-refractivity contribution in [3.8, 4) is 0 Å². The van der Waals surface area contributed by atoms with Gasteiger partial charge >= 0.3 is 0 Å². The van der Waals surface area contributed by atoms with E-state index in [1.807, 2.05) is 12.1 Å². The Bertz CT molecular complexity index is 388. The van der Waals surface area contributed by atoms with E-state index in [2.05, 4.69) is 33.5 Å². The Hall–Kier alpha value is -1.20. The second-order valence-electron chi connectivity index (χ2n) is 3.54. The van der Waals surface area contributed by atoms with Crippen molar-refractivity contribution >= 4 is 14.5 Å². The lowest BCUT2D eigenvalue weighted by molar-refractivity contribution is 0.627. The standard InChI is InChI=1S/C13H12FP/c14-12-5-1-10(2-6-12)9-11-3-7-13(15)8-4-11/h1-8H,9,15H2. The van der Waals surface area contributed by atoms with Crippen LogP contribution in [0.2, 0.25) is 0 Å². The number of hydrogen-bond donors (Lipinski definition) is 0. The minimum atomic E-state index is -0.181.